The number of hydrogen-bond donors (Lipinski definition) is 1. The molecule has 5 heteroatoms. The Labute approximate surface area is 109 Å². The maximum atomic E-state index is 10.9. The van der Waals surface area contributed by atoms with E-state index in [1.165, 1.54) is 7.11 Å². The van der Waals surface area contributed by atoms with Crippen LogP contribution in [0.3, 0.4) is 0 Å². The van der Waals surface area contributed by atoms with Gasteiger partial charge in [0.2, 0.25) is 0 Å². The van der Waals surface area contributed by atoms with Crippen LogP contribution in [0.2, 0.25) is 0 Å². The zero-order chi connectivity index (χ0) is 12.8. The molecule has 0 heterocycles. The maximum absolute atomic E-state index is 10.9. The zero-order valence-corrected chi connectivity index (χ0v) is 11.5. The van der Waals surface area contributed by atoms with Crippen molar-refractivity contribution in [1.29, 1.82) is 0 Å². The monoisotopic (exact) mass is 301 g/mol. The molecule has 1 rings (SSSR count). The highest BCUT2D eigenvalue weighted by molar-refractivity contribution is 9.10. The minimum absolute atomic E-state index is 0.124. The Hall–Kier alpha value is -1.07. The van der Waals surface area contributed by atoms with E-state index < -0.39 is 0 Å². The lowest BCUT2D eigenvalue weighted by atomic mass is 10.1. The summed E-state index contributed by atoms with van der Waals surface area (Å²) in [4.78, 5) is 10.9. The molecule has 0 aromatic heterocycles. The predicted octanol–water partition coefficient (Wildman–Crippen LogP) is 2.41. The van der Waals surface area contributed by atoms with Gasteiger partial charge in [-0.15, -0.1) is 0 Å². The smallest absolute Gasteiger partial charge is 0.308 e. The third kappa shape index (κ3) is 4.36. The second-order valence-electron chi connectivity index (χ2n) is 3.65. The van der Waals surface area contributed by atoms with E-state index in [0.29, 0.717) is 5.75 Å². The van der Waals surface area contributed by atoms with Gasteiger partial charge in [-0.05, 0) is 25.1 Å². The predicted molar refractivity (Wildman–Crippen MR) is 68.9 cm³/mol. The van der Waals surface area contributed by atoms with Crippen molar-refractivity contribution in [3.8, 4) is 5.75 Å². The molecule has 0 fully saturated rings. The summed E-state index contributed by atoms with van der Waals surface area (Å²) in [6, 6.07) is 5.50. The third-order valence-corrected chi connectivity index (χ3v) is 2.75. The molecule has 94 valence electrons. The summed E-state index contributed by atoms with van der Waals surface area (Å²) >= 11 is 3.38. The SMILES string of the molecule is COC(=O)CCOc1ccc(Br)cc1C(C)N. The minimum Gasteiger partial charge on any atom is -0.493 e. The molecule has 0 saturated carbocycles. The molecule has 1 aromatic carbocycles. The van der Waals surface area contributed by atoms with E-state index in [2.05, 4.69) is 20.7 Å². The fraction of sp³-hybridized carbons (Fsp3) is 0.417. The van der Waals surface area contributed by atoms with E-state index >= 15 is 0 Å². The lowest BCUT2D eigenvalue weighted by molar-refractivity contribution is -0.141. The summed E-state index contributed by atoms with van der Waals surface area (Å²) in [7, 11) is 1.36. The average molecular weight is 302 g/mol. The maximum Gasteiger partial charge on any atom is 0.308 e. The lowest BCUT2D eigenvalue weighted by Gasteiger charge is -2.14. The number of hydrogen-bond acceptors (Lipinski definition) is 4. The fourth-order valence-electron chi connectivity index (χ4n) is 1.35. The van der Waals surface area contributed by atoms with E-state index in [1.807, 2.05) is 25.1 Å². The van der Waals surface area contributed by atoms with Gasteiger partial charge in [0, 0.05) is 16.1 Å². The summed E-state index contributed by atoms with van der Waals surface area (Å²) in [5, 5.41) is 0. The largest absolute Gasteiger partial charge is 0.493 e. The van der Waals surface area contributed by atoms with Crippen LogP contribution in [-0.4, -0.2) is 19.7 Å². The number of halogens is 1. The second kappa shape index (κ2) is 6.61. The van der Waals surface area contributed by atoms with Gasteiger partial charge < -0.3 is 15.2 Å². The summed E-state index contributed by atoms with van der Waals surface area (Å²) in [5.41, 5.74) is 6.76. The van der Waals surface area contributed by atoms with E-state index in [-0.39, 0.29) is 25.0 Å². The van der Waals surface area contributed by atoms with Gasteiger partial charge in [0.05, 0.1) is 20.1 Å². The van der Waals surface area contributed by atoms with Gasteiger partial charge in [0.15, 0.2) is 0 Å². The van der Waals surface area contributed by atoms with Crippen molar-refractivity contribution < 1.29 is 14.3 Å². The Morgan fingerprint density at radius 3 is 2.82 bits per heavy atom. The van der Waals surface area contributed by atoms with E-state index in [1.54, 1.807) is 0 Å². The van der Waals surface area contributed by atoms with Crippen LogP contribution in [0.15, 0.2) is 22.7 Å². The molecule has 0 spiro atoms. The molecule has 0 bridgehead atoms. The van der Waals surface area contributed by atoms with Crippen molar-refractivity contribution in [2.75, 3.05) is 13.7 Å². The molecule has 0 radical (unpaired) electrons. The first-order valence-corrected chi connectivity index (χ1v) is 6.08. The number of methoxy groups -OCH3 is 1. The molecular formula is C12H16BrNO3. The summed E-state index contributed by atoms with van der Waals surface area (Å²) < 4.78 is 11.0. The van der Waals surface area contributed by atoms with Gasteiger partial charge in [-0.25, -0.2) is 0 Å². The van der Waals surface area contributed by atoms with Gasteiger partial charge in [-0.3, -0.25) is 4.79 Å². The highest BCUT2D eigenvalue weighted by Gasteiger charge is 2.09. The Morgan fingerprint density at radius 2 is 2.24 bits per heavy atom. The Morgan fingerprint density at radius 1 is 1.53 bits per heavy atom. The van der Waals surface area contributed by atoms with Crippen molar-refractivity contribution in [2.45, 2.75) is 19.4 Å². The minimum atomic E-state index is -0.288. The Balaban J connectivity index is 2.67. The van der Waals surface area contributed by atoms with Crippen LogP contribution in [0.1, 0.15) is 24.9 Å². The molecule has 0 aliphatic carbocycles. The van der Waals surface area contributed by atoms with E-state index in [9.17, 15) is 4.79 Å². The van der Waals surface area contributed by atoms with Gasteiger partial charge in [-0.1, -0.05) is 15.9 Å². The molecule has 17 heavy (non-hydrogen) atoms. The van der Waals surface area contributed by atoms with Crippen LogP contribution in [0.5, 0.6) is 5.75 Å². The Bertz CT molecular complexity index is 393. The fourth-order valence-corrected chi connectivity index (χ4v) is 1.73. The molecule has 1 unspecified atom stereocenters. The number of rotatable bonds is 5. The first-order chi connectivity index (χ1) is 8.04. The van der Waals surface area contributed by atoms with Crippen molar-refractivity contribution in [3.05, 3.63) is 28.2 Å². The van der Waals surface area contributed by atoms with Crippen molar-refractivity contribution in [1.82, 2.24) is 0 Å². The molecule has 2 N–H and O–H groups in total. The van der Waals surface area contributed by atoms with Crippen LogP contribution in [0.4, 0.5) is 0 Å². The van der Waals surface area contributed by atoms with Crippen LogP contribution < -0.4 is 10.5 Å². The molecule has 0 aliphatic rings. The molecule has 0 amide bonds. The van der Waals surface area contributed by atoms with Gasteiger partial charge >= 0.3 is 5.97 Å². The number of carbonyl (C=O) groups is 1. The number of carbonyl (C=O) groups excluding carboxylic acids is 1. The summed E-state index contributed by atoms with van der Waals surface area (Å²) in [5.74, 6) is 0.413. The van der Waals surface area contributed by atoms with Crippen molar-refractivity contribution >= 4 is 21.9 Å². The first kappa shape index (κ1) is 14.0. The lowest BCUT2D eigenvalue weighted by Crippen LogP contribution is -2.11. The molecule has 0 aliphatic heterocycles. The van der Waals surface area contributed by atoms with E-state index in [4.69, 9.17) is 10.5 Å². The molecular weight excluding hydrogens is 286 g/mol. The van der Waals surface area contributed by atoms with Gasteiger partial charge in [-0.2, -0.15) is 0 Å². The van der Waals surface area contributed by atoms with Crippen molar-refractivity contribution in [3.63, 3.8) is 0 Å². The van der Waals surface area contributed by atoms with Crippen LogP contribution in [0.25, 0.3) is 0 Å². The quantitative estimate of drug-likeness (QED) is 0.849. The van der Waals surface area contributed by atoms with Gasteiger partial charge in [0.25, 0.3) is 0 Å². The standard InChI is InChI=1S/C12H16BrNO3/c1-8(14)10-7-9(13)3-4-11(10)17-6-5-12(15)16-2/h3-4,7-8H,5-6,14H2,1-2H3. The van der Waals surface area contributed by atoms with Crippen LogP contribution >= 0.6 is 15.9 Å². The summed E-state index contributed by atoms with van der Waals surface area (Å²) in [6.45, 7) is 2.17. The molecule has 1 atom stereocenters. The highest BCUT2D eigenvalue weighted by atomic mass is 79.9. The average Bonchev–Trinajstić information content (AvgIpc) is 2.30. The van der Waals surface area contributed by atoms with Gasteiger partial charge in [0.1, 0.15) is 5.75 Å². The summed E-state index contributed by atoms with van der Waals surface area (Å²) in [6.07, 6.45) is 0.227. The Kier molecular flexibility index (Phi) is 5.44. The number of esters is 1. The van der Waals surface area contributed by atoms with E-state index in [0.717, 1.165) is 10.0 Å². The molecule has 1 aromatic rings. The highest BCUT2D eigenvalue weighted by Crippen LogP contribution is 2.27. The second-order valence-corrected chi connectivity index (χ2v) is 4.56. The number of ether oxygens (including phenoxy) is 2. The number of benzene rings is 1. The van der Waals surface area contributed by atoms with Crippen LogP contribution in [-0.2, 0) is 9.53 Å². The van der Waals surface area contributed by atoms with Crippen LogP contribution in [0, 0.1) is 0 Å². The first-order valence-electron chi connectivity index (χ1n) is 5.29. The normalized spacial score (nSPS) is 12.0. The third-order valence-electron chi connectivity index (χ3n) is 2.25. The van der Waals surface area contributed by atoms with Crippen molar-refractivity contribution in [2.24, 2.45) is 5.73 Å². The zero-order valence-electron chi connectivity index (χ0n) is 9.90. The topological polar surface area (TPSA) is 61.5 Å². The number of nitrogens with two attached hydrogens (primary N) is 1. The molecule has 0 saturated heterocycles. The molecule has 4 nitrogen and oxygen atoms in total.